The quantitative estimate of drug-likeness (QED) is 0.242. The molecule has 0 fully saturated rings. The van der Waals surface area contributed by atoms with Crippen molar-refractivity contribution in [3.63, 3.8) is 0 Å². The Morgan fingerprint density at radius 2 is 1.50 bits per heavy atom. The first-order chi connectivity index (χ1) is 13.6. The Kier molecular flexibility index (Phi) is 6.25. The second-order valence-electron chi connectivity index (χ2n) is 5.86. The summed E-state index contributed by atoms with van der Waals surface area (Å²) in [7, 11) is 1.58. The molecule has 0 radical (unpaired) electrons. The number of ether oxygens (including phenoxy) is 2. The second kappa shape index (κ2) is 9.02. The van der Waals surface area contributed by atoms with E-state index < -0.39 is 5.97 Å². The highest BCUT2D eigenvalue weighted by Gasteiger charge is 2.12. The number of methoxy groups -OCH3 is 1. The summed E-state index contributed by atoms with van der Waals surface area (Å²) in [4.78, 5) is 24.4. The lowest BCUT2D eigenvalue weighted by Gasteiger charge is -2.06. The predicted molar refractivity (Wildman–Crippen MR) is 109 cm³/mol. The number of esters is 1. The molecule has 0 aromatic heterocycles. The summed E-state index contributed by atoms with van der Waals surface area (Å²) in [5.41, 5.74) is 1.68. The van der Waals surface area contributed by atoms with Gasteiger partial charge in [-0.15, -0.1) is 0 Å². The van der Waals surface area contributed by atoms with Crippen LogP contribution in [0.15, 0.2) is 78.9 Å². The van der Waals surface area contributed by atoms with Gasteiger partial charge in [-0.1, -0.05) is 41.9 Å². The molecule has 140 valence electrons. The number of halogens is 1. The van der Waals surface area contributed by atoms with Crippen molar-refractivity contribution in [1.29, 1.82) is 0 Å². The zero-order valence-corrected chi connectivity index (χ0v) is 15.8. The first-order valence-corrected chi connectivity index (χ1v) is 8.88. The largest absolute Gasteiger partial charge is 0.497 e. The van der Waals surface area contributed by atoms with Crippen LogP contribution < -0.4 is 9.47 Å². The topological polar surface area (TPSA) is 52.6 Å². The van der Waals surface area contributed by atoms with E-state index in [-0.39, 0.29) is 5.78 Å². The third-order valence-electron chi connectivity index (χ3n) is 3.99. The van der Waals surface area contributed by atoms with Gasteiger partial charge in [-0.25, -0.2) is 4.79 Å². The summed E-state index contributed by atoms with van der Waals surface area (Å²) in [6, 6.07) is 20.4. The van der Waals surface area contributed by atoms with Gasteiger partial charge in [0.05, 0.1) is 17.7 Å². The van der Waals surface area contributed by atoms with Crippen LogP contribution in [0.4, 0.5) is 0 Å². The fourth-order valence-corrected chi connectivity index (χ4v) is 2.67. The maximum absolute atomic E-state index is 12.2. The van der Waals surface area contributed by atoms with Crippen molar-refractivity contribution in [1.82, 2.24) is 0 Å². The number of carbonyl (C=O) groups excluding carboxylic acids is 2. The van der Waals surface area contributed by atoms with Gasteiger partial charge in [0.2, 0.25) is 0 Å². The molecular weight excluding hydrogens is 376 g/mol. The third kappa shape index (κ3) is 4.87. The first-order valence-electron chi connectivity index (χ1n) is 8.50. The Morgan fingerprint density at radius 3 is 2.14 bits per heavy atom. The average molecular weight is 393 g/mol. The fourth-order valence-electron chi connectivity index (χ4n) is 2.46. The van der Waals surface area contributed by atoms with Crippen molar-refractivity contribution in [2.24, 2.45) is 0 Å². The Morgan fingerprint density at radius 1 is 0.857 bits per heavy atom. The van der Waals surface area contributed by atoms with Gasteiger partial charge in [0.25, 0.3) is 0 Å². The van der Waals surface area contributed by atoms with Gasteiger partial charge in [0.1, 0.15) is 11.5 Å². The van der Waals surface area contributed by atoms with E-state index in [2.05, 4.69) is 0 Å². The molecule has 0 saturated carbocycles. The zero-order chi connectivity index (χ0) is 19.9. The van der Waals surface area contributed by atoms with Crippen molar-refractivity contribution in [2.45, 2.75) is 0 Å². The molecule has 28 heavy (non-hydrogen) atoms. The van der Waals surface area contributed by atoms with Crippen LogP contribution in [0.5, 0.6) is 11.5 Å². The third-order valence-corrected chi connectivity index (χ3v) is 4.32. The number of hydrogen-bond donors (Lipinski definition) is 0. The highest BCUT2D eigenvalue weighted by molar-refractivity contribution is 6.33. The van der Waals surface area contributed by atoms with E-state index in [9.17, 15) is 9.59 Å². The maximum atomic E-state index is 12.2. The molecule has 3 aromatic carbocycles. The van der Waals surface area contributed by atoms with E-state index in [1.54, 1.807) is 86.0 Å². The molecule has 0 aliphatic heterocycles. The van der Waals surface area contributed by atoms with Gasteiger partial charge in [-0.05, 0) is 60.2 Å². The van der Waals surface area contributed by atoms with E-state index in [1.807, 2.05) is 0 Å². The summed E-state index contributed by atoms with van der Waals surface area (Å²) in [5, 5.41) is 0.337. The predicted octanol–water partition coefficient (Wildman–Crippen LogP) is 5.46. The number of rotatable bonds is 6. The first kappa shape index (κ1) is 19.4. The number of carbonyl (C=O) groups is 2. The van der Waals surface area contributed by atoms with Crippen LogP contribution in [0, 0.1) is 0 Å². The monoisotopic (exact) mass is 392 g/mol. The summed E-state index contributed by atoms with van der Waals surface area (Å²) in [6.07, 6.45) is 3.19. The van der Waals surface area contributed by atoms with Gasteiger partial charge in [0, 0.05) is 5.56 Å². The Hall–Kier alpha value is -3.37. The van der Waals surface area contributed by atoms with Crippen molar-refractivity contribution < 1.29 is 19.1 Å². The molecular formula is C23H17ClO4. The zero-order valence-electron chi connectivity index (χ0n) is 15.1. The van der Waals surface area contributed by atoms with Gasteiger partial charge < -0.3 is 9.47 Å². The highest BCUT2D eigenvalue weighted by atomic mass is 35.5. The Labute approximate surface area is 168 Å². The lowest BCUT2D eigenvalue weighted by molar-refractivity contribution is 0.0734. The Balaban J connectivity index is 1.63. The molecule has 0 atom stereocenters. The van der Waals surface area contributed by atoms with Crippen LogP contribution in [-0.2, 0) is 0 Å². The molecule has 0 saturated heterocycles. The fraction of sp³-hybridized carbons (Fsp3) is 0.0435. The lowest BCUT2D eigenvalue weighted by atomic mass is 10.1. The van der Waals surface area contributed by atoms with Crippen LogP contribution in [-0.4, -0.2) is 18.9 Å². The molecule has 0 unspecified atom stereocenters. The SMILES string of the molecule is COc1ccc(C(=O)/C=C/c2ccc(OC(=O)c3ccccc3Cl)cc2)cc1. The maximum Gasteiger partial charge on any atom is 0.345 e. The van der Waals surface area contributed by atoms with Crippen molar-refractivity contribution >= 4 is 29.4 Å². The summed E-state index contributed by atoms with van der Waals surface area (Å²) in [5.74, 6) is 0.450. The molecule has 4 nitrogen and oxygen atoms in total. The normalized spacial score (nSPS) is 10.6. The molecule has 0 N–H and O–H groups in total. The molecule has 0 spiro atoms. The van der Waals surface area contributed by atoms with Gasteiger partial charge in [-0.3, -0.25) is 4.79 Å². The van der Waals surface area contributed by atoms with E-state index >= 15 is 0 Å². The summed E-state index contributed by atoms with van der Waals surface area (Å²) < 4.78 is 10.4. The molecule has 0 aliphatic carbocycles. The van der Waals surface area contributed by atoms with E-state index in [4.69, 9.17) is 21.1 Å². The average Bonchev–Trinajstić information content (AvgIpc) is 2.73. The number of hydrogen-bond acceptors (Lipinski definition) is 4. The molecule has 3 rings (SSSR count). The standard InChI is InChI=1S/C23H17ClO4/c1-27-18-13-9-17(10-14-18)22(25)15-8-16-6-11-19(12-7-16)28-23(26)20-4-2-3-5-21(20)24/h2-15H,1H3/b15-8+. The summed E-state index contributed by atoms with van der Waals surface area (Å²) in [6.45, 7) is 0. The van der Waals surface area contributed by atoms with Crippen molar-refractivity contribution in [3.8, 4) is 11.5 Å². The minimum Gasteiger partial charge on any atom is -0.497 e. The van der Waals surface area contributed by atoms with Crippen LogP contribution in [0.25, 0.3) is 6.08 Å². The minimum absolute atomic E-state index is 0.114. The highest BCUT2D eigenvalue weighted by Crippen LogP contribution is 2.20. The van der Waals surface area contributed by atoms with Crippen LogP contribution in [0.3, 0.4) is 0 Å². The van der Waals surface area contributed by atoms with E-state index in [1.165, 1.54) is 6.08 Å². The molecule has 5 heteroatoms. The number of ketones is 1. The summed E-state index contributed by atoms with van der Waals surface area (Å²) >= 11 is 6.00. The Bertz CT molecular complexity index is 1010. The molecule has 0 heterocycles. The molecule has 0 aliphatic rings. The molecule has 0 amide bonds. The van der Waals surface area contributed by atoms with Crippen LogP contribution in [0.1, 0.15) is 26.3 Å². The number of benzene rings is 3. The van der Waals surface area contributed by atoms with Crippen molar-refractivity contribution in [2.75, 3.05) is 7.11 Å². The van der Waals surface area contributed by atoms with Crippen LogP contribution >= 0.6 is 11.6 Å². The van der Waals surface area contributed by atoms with Gasteiger partial charge in [-0.2, -0.15) is 0 Å². The van der Waals surface area contributed by atoms with E-state index in [0.29, 0.717) is 27.6 Å². The van der Waals surface area contributed by atoms with Gasteiger partial charge >= 0.3 is 5.97 Å². The smallest absolute Gasteiger partial charge is 0.345 e. The lowest BCUT2D eigenvalue weighted by Crippen LogP contribution is -2.08. The van der Waals surface area contributed by atoms with Crippen molar-refractivity contribution in [3.05, 3.63) is 101 Å². The molecule has 3 aromatic rings. The minimum atomic E-state index is -0.524. The molecule has 0 bridgehead atoms. The second-order valence-corrected chi connectivity index (χ2v) is 6.27. The van der Waals surface area contributed by atoms with Gasteiger partial charge in [0.15, 0.2) is 5.78 Å². The van der Waals surface area contributed by atoms with E-state index in [0.717, 1.165) is 5.56 Å². The van der Waals surface area contributed by atoms with Crippen LogP contribution in [0.2, 0.25) is 5.02 Å². The number of allylic oxidation sites excluding steroid dienone is 1.